The molecule has 0 radical (unpaired) electrons. The molecule has 0 aromatic heterocycles. The number of ether oxygens (including phenoxy) is 1. The summed E-state index contributed by atoms with van der Waals surface area (Å²) in [5, 5.41) is 0. The van der Waals surface area contributed by atoms with E-state index in [2.05, 4.69) is 11.8 Å². The van der Waals surface area contributed by atoms with Gasteiger partial charge in [0.2, 0.25) is 0 Å². The fraction of sp³-hybridized carbons (Fsp3) is 0.909. The van der Waals surface area contributed by atoms with Gasteiger partial charge in [0, 0.05) is 32.5 Å². The molecule has 0 aromatic carbocycles. The van der Waals surface area contributed by atoms with Gasteiger partial charge in [-0.05, 0) is 19.4 Å². The predicted octanol–water partition coefficient (Wildman–Crippen LogP) is 1.47. The number of hydrogen-bond acceptors (Lipinski definition) is 3. The van der Waals surface area contributed by atoms with Gasteiger partial charge in [-0.1, -0.05) is 6.92 Å². The number of carbonyl (C=O) groups is 1. The Hall–Kier alpha value is -0.410. The lowest BCUT2D eigenvalue weighted by Crippen LogP contribution is -2.40. The highest BCUT2D eigenvalue weighted by molar-refractivity contribution is 5.79. The monoisotopic (exact) mass is 199 g/mol. The first kappa shape index (κ1) is 11.7. The Balaban J connectivity index is 2.32. The lowest BCUT2D eigenvalue weighted by atomic mass is 9.93. The van der Waals surface area contributed by atoms with E-state index in [9.17, 15) is 4.79 Å². The molecule has 1 rings (SSSR count). The Kier molecular flexibility index (Phi) is 5.12. The topological polar surface area (TPSA) is 29.5 Å². The molecule has 1 saturated carbocycles. The summed E-state index contributed by atoms with van der Waals surface area (Å²) in [6, 6.07) is 0.604. The van der Waals surface area contributed by atoms with Crippen molar-refractivity contribution in [3.8, 4) is 0 Å². The molecule has 3 heteroatoms. The molecule has 0 N–H and O–H groups in total. The number of methoxy groups -OCH3 is 1. The van der Waals surface area contributed by atoms with Gasteiger partial charge in [0.1, 0.15) is 5.78 Å². The Morgan fingerprint density at radius 3 is 2.57 bits per heavy atom. The SMILES string of the molecule is CCN(CCOC)C1CCC(=O)CC1. The number of carbonyl (C=O) groups excluding carboxylic acids is 1. The average Bonchev–Trinajstić information content (AvgIpc) is 2.21. The number of ketones is 1. The summed E-state index contributed by atoms with van der Waals surface area (Å²) < 4.78 is 5.08. The molecule has 1 fully saturated rings. The highest BCUT2D eigenvalue weighted by Gasteiger charge is 2.22. The minimum atomic E-state index is 0.434. The van der Waals surface area contributed by atoms with Crippen molar-refractivity contribution < 1.29 is 9.53 Å². The molecule has 0 heterocycles. The van der Waals surface area contributed by atoms with E-state index in [1.807, 2.05) is 0 Å². The van der Waals surface area contributed by atoms with Crippen LogP contribution in [0.3, 0.4) is 0 Å². The third-order valence-electron chi connectivity index (χ3n) is 3.02. The highest BCUT2D eigenvalue weighted by Crippen LogP contribution is 2.19. The van der Waals surface area contributed by atoms with Gasteiger partial charge in [-0.25, -0.2) is 0 Å². The van der Waals surface area contributed by atoms with Crippen LogP contribution in [0.2, 0.25) is 0 Å². The maximum atomic E-state index is 11.1. The Morgan fingerprint density at radius 1 is 1.43 bits per heavy atom. The lowest BCUT2D eigenvalue weighted by Gasteiger charge is -2.32. The summed E-state index contributed by atoms with van der Waals surface area (Å²) in [4.78, 5) is 13.5. The van der Waals surface area contributed by atoms with E-state index in [0.717, 1.165) is 45.4 Å². The van der Waals surface area contributed by atoms with Gasteiger partial charge < -0.3 is 4.74 Å². The molecule has 0 aliphatic heterocycles. The molecule has 0 amide bonds. The zero-order valence-corrected chi connectivity index (χ0v) is 9.29. The summed E-state index contributed by atoms with van der Waals surface area (Å²) >= 11 is 0. The van der Waals surface area contributed by atoms with E-state index in [1.165, 1.54) is 0 Å². The summed E-state index contributed by atoms with van der Waals surface area (Å²) in [7, 11) is 1.73. The molecule has 0 saturated heterocycles. The Bertz CT molecular complexity index is 172. The van der Waals surface area contributed by atoms with Crippen molar-refractivity contribution in [2.24, 2.45) is 0 Å². The predicted molar refractivity (Wildman–Crippen MR) is 56.4 cm³/mol. The third-order valence-corrected chi connectivity index (χ3v) is 3.02. The van der Waals surface area contributed by atoms with E-state index in [-0.39, 0.29) is 0 Å². The van der Waals surface area contributed by atoms with Crippen molar-refractivity contribution in [2.75, 3.05) is 26.8 Å². The van der Waals surface area contributed by atoms with Gasteiger partial charge in [-0.3, -0.25) is 9.69 Å². The van der Waals surface area contributed by atoms with Crippen LogP contribution in [-0.2, 0) is 9.53 Å². The quantitative estimate of drug-likeness (QED) is 0.671. The van der Waals surface area contributed by atoms with Gasteiger partial charge in [0.25, 0.3) is 0 Å². The lowest BCUT2D eigenvalue weighted by molar-refractivity contribution is -0.121. The fourth-order valence-electron chi connectivity index (χ4n) is 2.10. The molecule has 82 valence electrons. The molecular formula is C11H21NO2. The van der Waals surface area contributed by atoms with Crippen LogP contribution in [0.4, 0.5) is 0 Å². The van der Waals surface area contributed by atoms with Crippen LogP contribution in [0.15, 0.2) is 0 Å². The smallest absolute Gasteiger partial charge is 0.133 e. The first-order valence-electron chi connectivity index (χ1n) is 5.52. The van der Waals surface area contributed by atoms with Crippen LogP contribution in [0.5, 0.6) is 0 Å². The van der Waals surface area contributed by atoms with Gasteiger partial charge in [0.15, 0.2) is 0 Å². The van der Waals surface area contributed by atoms with Crippen molar-refractivity contribution in [3.63, 3.8) is 0 Å². The highest BCUT2D eigenvalue weighted by atomic mass is 16.5. The van der Waals surface area contributed by atoms with Gasteiger partial charge in [-0.2, -0.15) is 0 Å². The number of likely N-dealkylation sites (N-methyl/N-ethyl adjacent to an activating group) is 1. The zero-order chi connectivity index (χ0) is 10.4. The molecule has 0 aromatic rings. The summed E-state index contributed by atoms with van der Waals surface area (Å²) in [6.45, 7) is 5.01. The second-order valence-corrected chi connectivity index (χ2v) is 3.89. The van der Waals surface area contributed by atoms with Crippen LogP contribution in [0.25, 0.3) is 0 Å². The molecule has 0 unspecified atom stereocenters. The molecule has 0 bridgehead atoms. The minimum Gasteiger partial charge on any atom is -0.383 e. The molecule has 1 aliphatic rings. The van der Waals surface area contributed by atoms with Crippen molar-refractivity contribution in [1.29, 1.82) is 0 Å². The van der Waals surface area contributed by atoms with Crippen molar-refractivity contribution >= 4 is 5.78 Å². The van der Waals surface area contributed by atoms with Crippen LogP contribution >= 0.6 is 0 Å². The van der Waals surface area contributed by atoms with E-state index in [1.54, 1.807) is 7.11 Å². The second-order valence-electron chi connectivity index (χ2n) is 3.89. The average molecular weight is 199 g/mol. The number of nitrogens with zero attached hydrogens (tertiary/aromatic N) is 1. The number of rotatable bonds is 5. The van der Waals surface area contributed by atoms with Crippen LogP contribution < -0.4 is 0 Å². The summed E-state index contributed by atoms with van der Waals surface area (Å²) in [5.74, 6) is 0.434. The molecule has 1 aliphatic carbocycles. The van der Waals surface area contributed by atoms with E-state index in [4.69, 9.17) is 4.74 Å². The molecular weight excluding hydrogens is 178 g/mol. The Labute approximate surface area is 86.4 Å². The number of Topliss-reactive ketones (excluding diaryl/α,β-unsaturated/α-hetero) is 1. The molecule has 0 atom stereocenters. The van der Waals surface area contributed by atoms with Gasteiger partial charge in [0.05, 0.1) is 6.61 Å². The van der Waals surface area contributed by atoms with Crippen LogP contribution in [-0.4, -0.2) is 43.5 Å². The van der Waals surface area contributed by atoms with Crippen molar-refractivity contribution in [2.45, 2.75) is 38.6 Å². The molecule has 0 spiro atoms. The minimum absolute atomic E-state index is 0.434. The first-order chi connectivity index (χ1) is 6.77. The Morgan fingerprint density at radius 2 is 2.07 bits per heavy atom. The van der Waals surface area contributed by atoms with Crippen LogP contribution in [0, 0.1) is 0 Å². The second kappa shape index (κ2) is 6.14. The zero-order valence-electron chi connectivity index (χ0n) is 9.29. The summed E-state index contributed by atoms with van der Waals surface area (Å²) in [6.07, 6.45) is 3.62. The summed E-state index contributed by atoms with van der Waals surface area (Å²) in [5.41, 5.74) is 0. The normalized spacial score (nSPS) is 19.2. The third kappa shape index (κ3) is 3.39. The van der Waals surface area contributed by atoms with Gasteiger partial charge >= 0.3 is 0 Å². The first-order valence-corrected chi connectivity index (χ1v) is 5.52. The van der Waals surface area contributed by atoms with E-state index >= 15 is 0 Å². The van der Waals surface area contributed by atoms with Crippen LogP contribution in [0.1, 0.15) is 32.6 Å². The molecule has 3 nitrogen and oxygen atoms in total. The van der Waals surface area contributed by atoms with Crippen molar-refractivity contribution in [1.82, 2.24) is 4.90 Å². The largest absolute Gasteiger partial charge is 0.383 e. The maximum Gasteiger partial charge on any atom is 0.133 e. The van der Waals surface area contributed by atoms with E-state index in [0.29, 0.717) is 11.8 Å². The van der Waals surface area contributed by atoms with Crippen molar-refractivity contribution in [3.05, 3.63) is 0 Å². The fourth-order valence-corrected chi connectivity index (χ4v) is 2.10. The molecule has 14 heavy (non-hydrogen) atoms. The van der Waals surface area contributed by atoms with E-state index < -0.39 is 0 Å². The maximum absolute atomic E-state index is 11.1. The standard InChI is InChI=1S/C11H21NO2/c1-3-12(8-9-14-2)10-4-6-11(13)7-5-10/h10H,3-9H2,1-2H3. The number of hydrogen-bond donors (Lipinski definition) is 0. The van der Waals surface area contributed by atoms with Gasteiger partial charge in [-0.15, -0.1) is 0 Å².